The number of benzene rings is 1. The number of hydrogen-bond acceptors (Lipinski definition) is 1. The van der Waals surface area contributed by atoms with Crippen LogP contribution in [0.1, 0.15) is 19.3 Å². The van der Waals surface area contributed by atoms with Crippen molar-refractivity contribution < 1.29 is 4.39 Å². The van der Waals surface area contributed by atoms with Gasteiger partial charge in [-0.15, -0.1) is 0 Å². The number of anilines is 1. The van der Waals surface area contributed by atoms with E-state index in [1.807, 2.05) is 0 Å². The SMILES string of the molecule is Fc1ccc(NC2C=CCCC2)cc1. The van der Waals surface area contributed by atoms with Gasteiger partial charge in [0.05, 0.1) is 0 Å². The Morgan fingerprint density at radius 2 is 2.00 bits per heavy atom. The molecule has 1 unspecified atom stereocenters. The summed E-state index contributed by atoms with van der Waals surface area (Å²) in [7, 11) is 0. The van der Waals surface area contributed by atoms with Crippen molar-refractivity contribution >= 4 is 5.69 Å². The Kier molecular flexibility index (Phi) is 2.82. The molecule has 0 amide bonds. The molecule has 0 spiro atoms. The minimum absolute atomic E-state index is 0.185. The van der Waals surface area contributed by atoms with Crippen molar-refractivity contribution in [3.63, 3.8) is 0 Å². The summed E-state index contributed by atoms with van der Waals surface area (Å²) in [6, 6.07) is 6.92. The van der Waals surface area contributed by atoms with Gasteiger partial charge in [-0.05, 0) is 43.5 Å². The highest BCUT2D eigenvalue weighted by atomic mass is 19.1. The molecule has 1 aliphatic rings. The Morgan fingerprint density at radius 1 is 1.21 bits per heavy atom. The van der Waals surface area contributed by atoms with Gasteiger partial charge in [-0.25, -0.2) is 4.39 Å². The van der Waals surface area contributed by atoms with Gasteiger partial charge >= 0.3 is 0 Å². The Balaban J connectivity index is 1.99. The summed E-state index contributed by atoms with van der Waals surface area (Å²) in [5.41, 5.74) is 0.989. The van der Waals surface area contributed by atoms with Crippen molar-refractivity contribution in [1.29, 1.82) is 0 Å². The molecule has 0 saturated heterocycles. The lowest BCUT2D eigenvalue weighted by atomic mass is 10.0. The highest BCUT2D eigenvalue weighted by Gasteiger charge is 2.07. The van der Waals surface area contributed by atoms with E-state index in [9.17, 15) is 4.39 Å². The Morgan fingerprint density at radius 3 is 2.64 bits per heavy atom. The summed E-state index contributed by atoms with van der Waals surface area (Å²) >= 11 is 0. The van der Waals surface area contributed by atoms with E-state index < -0.39 is 0 Å². The van der Waals surface area contributed by atoms with Crippen LogP contribution in [0.5, 0.6) is 0 Å². The quantitative estimate of drug-likeness (QED) is 0.707. The summed E-state index contributed by atoms with van der Waals surface area (Å²) in [5.74, 6) is -0.185. The molecule has 1 nitrogen and oxygen atoms in total. The average Bonchev–Trinajstić information content (AvgIpc) is 2.23. The number of rotatable bonds is 2. The first kappa shape index (κ1) is 9.25. The third kappa shape index (κ3) is 2.34. The molecule has 14 heavy (non-hydrogen) atoms. The topological polar surface area (TPSA) is 12.0 Å². The smallest absolute Gasteiger partial charge is 0.123 e. The molecule has 1 atom stereocenters. The maximum absolute atomic E-state index is 12.6. The Bertz CT molecular complexity index is 316. The molecular weight excluding hydrogens is 177 g/mol. The van der Waals surface area contributed by atoms with Crippen molar-refractivity contribution in [3.8, 4) is 0 Å². The van der Waals surface area contributed by atoms with Crippen LogP contribution in [0.25, 0.3) is 0 Å². The van der Waals surface area contributed by atoms with Crippen molar-refractivity contribution in [3.05, 3.63) is 42.2 Å². The van der Waals surface area contributed by atoms with Crippen LogP contribution in [0.2, 0.25) is 0 Å². The summed E-state index contributed by atoms with van der Waals surface area (Å²) in [6.45, 7) is 0. The van der Waals surface area contributed by atoms with Gasteiger partial charge in [0.25, 0.3) is 0 Å². The predicted octanol–water partition coefficient (Wildman–Crippen LogP) is 3.35. The lowest BCUT2D eigenvalue weighted by molar-refractivity contribution is 0.627. The maximum atomic E-state index is 12.6. The molecule has 2 rings (SSSR count). The van der Waals surface area contributed by atoms with E-state index in [1.54, 1.807) is 12.1 Å². The lowest BCUT2D eigenvalue weighted by Crippen LogP contribution is -2.18. The standard InChI is InChI=1S/C12H14FN/c13-10-6-8-12(9-7-10)14-11-4-2-1-3-5-11/h2,4,6-9,11,14H,1,3,5H2. The first-order chi connectivity index (χ1) is 6.84. The van der Waals surface area contributed by atoms with E-state index in [-0.39, 0.29) is 5.82 Å². The van der Waals surface area contributed by atoms with Crippen molar-refractivity contribution in [2.24, 2.45) is 0 Å². The van der Waals surface area contributed by atoms with E-state index in [2.05, 4.69) is 17.5 Å². The van der Waals surface area contributed by atoms with Crippen LogP contribution >= 0.6 is 0 Å². The summed E-state index contributed by atoms with van der Waals surface area (Å²) in [5, 5.41) is 3.35. The minimum Gasteiger partial charge on any atom is -0.379 e. The number of halogens is 1. The molecule has 2 heteroatoms. The van der Waals surface area contributed by atoms with E-state index in [1.165, 1.54) is 25.0 Å². The van der Waals surface area contributed by atoms with E-state index in [0.29, 0.717) is 6.04 Å². The van der Waals surface area contributed by atoms with Gasteiger partial charge in [0.15, 0.2) is 0 Å². The molecule has 0 fully saturated rings. The van der Waals surface area contributed by atoms with Gasteiger partial charge in [-0.3, -0.25) is 0 Å². The first-order valence-electron chi connectivity index (χ1n) is 5.03. The minimum atomic E-state index is -0.185. The lowest BCUT2D eigenvalue weighted by Gasteiger charge is -2.18. The van der Waals surface area contributed by atoms with Crippen LogP contribution < -0.4 is 5.32 Å². The van der Waals surface area contributed by atoms with Crippen LogP contribution in [-0.2, 0) is 0 Å². The van der Waals surface area contributed by atoms with Gasteiger partial charge in [0, 0.05) is 11.7 Å². The van der Waals surface area contributed by atoms with Gasteiger partial charge in [0.1, 0.15) is 5.82 Å². The summed E-state index contributed by atoms with van der Waals surface area (Å²) in [4.78, 5) is 0. The predicted molar refractivity (Wildman–Crippen MR) is 56.8 cm³/mol. The van der Waals surface area contributed by atoms with Gasteiger partial charge in [0.2, 0.25) is 0 Å². The molecule has 0 saturated carbocycles. The van der Waals surface area contributed by atoms with Gasteiger partial charge in [-0.1, -0.05) is 12.2 Å². The first-order valence-corrected chi connectivity index (χ1v) is 5.03. The molecule has 0 aromatic heterocycles. The average molecular weight is 191 g/mol. The normalized spacial score (nSPS) is 20.8. The molecule has 74 valence electrons. The fourth-order valence-electron chi connectivity index (χ4n) is 1.69. The molecule has 0 aliphatic heterocycles. The second kappa shape index (κ2) is 4.27. The fourth-order valence-corrected chi connectivity index (χ4v) is 1.69. The van der Waals surface area contributed by atoms with E-state index >= 15 is 0 Å². The molecule has 0 bridgehead atoms. The second-order valence-electron chi connectivity index (χ2n) is 3.62. The fraction of sp³-hybridized carbons (Fsp3) is 0.333. The number of nitrogens with one attached hydrogen (secondary N) is 1. The second-order valence-corrected chi connectivity index (χ2v) is 3.62. The zero-order chi connectivity index (χ0) is 9.80. The number of hydrogen-bond donors (Lipinski definition) is 1. The van der Waals surface area contributed by atoms with Crippen LogP contribution in [-0.4, -0.2) is 6.04 Å². The molecule has 0 heterocycles. The molecule has 1 aromatic rings. The summed E-state index contributed by atoms with van der Waals surface area (Å²) < 4.78 is 12.6. The van der Waals surface area contributed by atoms with E-state index in [4.69, 9.17) is 0 Å². The third-order valence-electron chi connectivity index (χ3n) is 2.45. The third-order valence-corrected chi connectivity index (χ3v) is 2.45. The van der Waals surface area contributed by atoms with Crippen LogP contribution in [0, 0.1) is 5.82 Å². The number of allylic oxidation sites excluding steroid dienone is 1. The Labute approximate surface area is 83.6 Å². The summed E-state index contributed by atoms with van der Waals surface area (Å²) in [6.07, 6.45) is 7.96. The van der Waals surface area contributed by atoms with Gasteiger partial charge in [-0.2, -0.15) is 0 Å². The van der Waals surface area contributed by atoms with Crippen LogP contribution in [0.4, 0.5) is 10.1 Å². The highest BCUT2D eigenvalue weighted by molar-refractivity contribution is 5.44. The van der Waals surface area contributed by atoms with Crippen molar-refractivity contribution in [2.45, 2.75) is 25.3 Å². The van der Waals surface area contributed by atoms with Crippen molar-refractivity contribution in [2.75, 3.05) is 5.32 Å². The zero-order valence-electron chi connectivity index (χ0n) is 8.04. The molecule has 1 aromatic carbocycles. The van der Waals surface area contributed by atoms with Gasteiger partial charge < -0.3 is 5.32 Å². The zero-order valence-corrected chi connectivity index (χ0v) is 8.04. The monoisotopic (exact) mass is 191 g/mol. The maximum Gasteiger partial charge on any atom is 0.123 e. The molecule has 1 N–H and O–H groups in total. The van der Waals surface area contributed by atoms with Crippen LogP contribution in [0.15, 0.2) is 36.4 Å². The molecule has 0 radical (unpaired) electrons. The molecular formula is C12H14FN. The van der Waals surface area contributed by atoms with Crippen molar-refractivity contribution in [1.82, 2.24) is 0 Å². The Hall–Kier alpha value is -1.31. The van der Waals surface area contributed by atoms with E-state index in [0.717, 1.165) is 12.1 Å². The largest absolute Gasteiger partial charge is 0.379 e. The van der Waals surface area contributed by atoms with Crippen LogP contribution in [0.3, 0.4) is 0 Å². The highest BCUT2D eigenvalue weighted by Crippen LogP contribution is 2.16. The molecule has 1 aliphatic carbocycles.